The molecule has 1 aliphatic heterocycles. The van der Waals surface area contributed by atoms with Crippen molar-refractivity contribution < 1.29 is 14.6 Å². The Labute approximate surface area is 121 Å². The molecule has 1 unspecified atom stereocenters. The van der Waals surface area contributed by atoms with Crippen LogP contribution in [0.3, 0.4) is 0 Å². The molecule has 0 bridgehead atoms. The highest BCUT2D eigenvalue weighted by Crippen LogP contribution is 2.28. The predicted molar refractivity (Wildman–Crippen MR) is 79.5 cm³/mol. The van der Waals surface area contributed by atoms with E-state index in [1.54, 1.807) is 14.2 Å². The van der Waals surface area contributed by atoms with Crippen LogP contribution in [0.25, 0.3) is 0 Å². The largest absolute Gasteiger partial charge is 0.493 e. The van der Waals surface area contributed by atoms with Gasteiger partial charge in [-0.3, -0.25) is 0 Å². The quantitative estimate of drug-likeness (QED) is 0.864. The number of benzene rings is 1. The number of nitrogens with zero attached hydrogens (tertiary/aromatic N) is 1. The molecule has 1 heterocycles. The molecule has 1 aromatic rings. The second-order valence-corrected chi connectivity index (χ2v) is 5.43. The van der Waals surface area contributed by atoms with Crippen LogP contribution in [-0.2, 0) is 6.42 Å². The molecule has 20 heavy (non-hydrogen) atoms. The van der Waals surface area contributed by atoms with E-state index >= 15 is 0 Å². The van der Waals surface area contributed by atoms with Crippen LogP contribution in [0.2, 0.25) is 0 Å². The Kier molecular flexibility index (Phi) is 5.68. The van der Waals surface area contributed by atoms with Gasteiger partial charge in [-0.25, -0.2) is 0 Å². The Morgan fingerprint density at radius 3 is 2.75 bits per heavy atom. The molecule has 0 aromatic heterocycles. The Hall–Kier alpha value is -1.26. The third-order valence-corrected chi connectivity index (χ3v) is 4.03. The number of ether oxygens (including phenoxy) is 2. The van der Waals surface area contributed by atoms with Gasteiger partial charge in [-0.2, -0.15) is 0 Å². The van der Waals surface area contributed by atoms with Crippen molar-refractivity contribution in [2.45, 2.75) is 19.3 Å². The minimum absolute atomic E-state index is 0.312. The van der Waals surface area contributed by atoms with Crippen molar-refractivity contribution in [3.63, 3.8) is 0 Å². The maximum absolute atomic E-state index is 9.26. The molecule has 2 rings (SSSR count). The molecule has 1 saturated heterocycles. The number of aliphatic hydroxyl groups excluding tert-OH is 1. The van der Waals surface area contributed by atoms with Crippen molar-refractivity contribution in [1.29, 1.82) is 0 Å². The van der Waals surface area contributed by atoms with Crippen LogP contribution in [-0.4, -0.2) is 50.5 Å². The summed E-state index contributed by atoms with van der Waals surface area (Å²) < 4.78 is 10.6. The number of rotatable bonds is 6. The van der Waals surface area contributed by atoms with Crippen molar-refractivity contribution in [2.24, 2.45) is 5.92 Å². The molecule has 1 fully saturated rings. The maximum Gasteiger partial charge on any atom is 0.160 e. The third kappa shape index (κ3) is 3.87. The van der Waals surface area contributed by atoms with Crippen molar-refractivity contribution in [3.05, 3.63) is 23.8 Å². The molecule has 0 amide bonds. The number of methoxy groups -OCH3 is 2. The molecule has 112 valence electrons. The smallest absolute Gasteiger partial charge is 0.160 e. The molecule has 1 N–H and O–H groups in total. The number of likely N-dealkylation sites (tertiary alicyclic amines) is 1. The summed E-state index contributed by atoms with van der Waals surface area (Å²) in [4.78, 5) is 2.45. The van der Waals surface area contributed by atoms with Crippen LogP contribution in [0.1, 0.15) is 18.4 Å². The molecule has 0 radical (unpaired) electrons. The number of hydrogen-bond donors (Lipinski definition) is 1. The van der Waals surface area contributed by atoms with Gasteiger partial charge in [0.15, 0.2) is 11.5 Å². The van der Waals surface area contributed by atoms with Crippen LogP contribution in [0.4, 0.5) is 0 Å². The molecule has 4 heteroatoms. The third-order valence-electron chi connectivity index (χ3n) is 4.03. The van der Waals surface area contributed by atoms with Gasteiger partial charge in [0.2, 0.25) is 0 Å². The lowest BCUT2D eigenvalue weighted by Crippen LogP contribution is -2.37. The molecular formula is C16H25NO3. The zero-order valence-electron chi connectivity index (χ0n) is 12.5. The van der Waals surface area contributed by atoms with Gasteiger partial charge in [-0.15, -0.1) is 0 Å². The highest BCUT2D eigenvalue weighted by molar-refractivity contribution is 5.42. The summed E-state index contributed by atoms with van der Waals surface area (Å²) in [5.41, 5.74) is 1.26. The van der Waals surface area contributed by atoms with Gasteiger partial charge in [0.25, 0.3) is 0 Å². The Morgan fingerprint density at radius 2 is 2.05 bits per heavy atom. The Balaban J connectivity index is 1.90. The van der Waals surface area contributed by atoms with Gasteiger partial charge in [0.05, 0.1) is 14.2 Å². The monoisotopic (exact) mass is 279 g/mol. The second-order valence-electron chi connectivity index (χ2n) is 5.43. The summed E-state index contributed by atoms with van der Waals surface area (Å²) >= 11 is 0. The first-order valence-electron chi connectivity index (χ1n) is 7.31. The van der Waals surface area contributed by atoms with E-state index in [4.69, 9.17) is 9.47 Å². The standard InChI is InChI=1S/C16H25NO3/c1-19-15-6-5-13(10-16(15)20-2)7-9-17-8-3-4-14(11-17)12-18/h5-6,10,14,18H,3-4,7-9,11-12H2,1-2H3. The SMILES string of the molecule is COc1ccc(CCN2CCCC(CO)C2)cc1OC. The molecule has 0 saturated carbocycles. The van der Waals surface area contributed by atoms with Crippen molar-refractivity contribution in [3.8, 4) is 11.5 Å². The number of hydrogen-bond acceptors (Lipinski definition) is 4. The van der Waals surface area contributed by atoms with E-state index in [0.717, 1.165) is 44.0 Å². The summed E-state index contributed by atoms with van der Waals surface area (Å²) in [5.74, 6) is 2.01. The summed E-state index contributed by atoms with van der Waals surface area (Å²) in [5, 5.41) is 9.26. The maximum atomic E-state index is 9.26. The lowest BCUT2D eigenvalue weighted by Gasteiger charge is -2.31. The first kappa shape index (κ1) is 15.1. The molecule has 1 aliphatic rings. The average molecular weight is 279 g/mol. The Morgan fingerprint density at radius 1 is 1.25 bits per heavy atom. The number of aliphatic hydroxyl groups is 1. The van der Waals surface area contributed by atoms with Gasteiger partial charge in [0.1, 0.15) is 0 Å². The fraction of sp³-hybridized carbons (Fsp3) is 0.625. The van der Waals surface area contributed by atoms with E-state index in [1.807, 2.05) is 12.1 Å². The van der Waals surface area contributed by atoms with Gasteiger partial charge in [0, 0.05) is 19.7 Å². The van der Waals surface area contributed by atoms with Gasteiger partial charge < -0.3 is 19.5 Å². The highest BCUT2D eigenvalue weighted by Gasteiger charge is 2.18. The van der Waals surface area contributed by atoms with Crippen molar-refractivity contribution in [1.82, 2.24) is 4.90 Å². The lowest BCUT2D eigenvalue weighted by molar-refractivity contribution is 0.121. The zero-order chi connectivity index (χ0) is 14.4. The fourth-order valence-electron chi connectivity index (χ4n) is 2.83. The van der Waals surface area contributed by atoms with Gasteiger partial charge in [-0.1, -0.05) is 6.07 Å². The zero-order valence-corrected chi connectivity index (χ0v) is 12.5. The average Bonchev–Trinajstić information content (AvgIpc) is 2.52. The Bertz CT molecular complexity index is 422. The molecule has 1 atom stereocenters. The normalized spacial score (nSPS) is 19.9. The second kappa shape index (κ2) is 7.50. The minimum atomic E-state index is 0.312. The van der Waals surface area contributed by atoms with E-state index in [0.29, 0.717) is 12.5 Å². The number of piperidine rings is 1. The topological polar surface area (TPSA) is 41.9 Å². The van der Waals surface area contributed by atoms with E-state index in [-0.39, 0.29) is 0 Å². The lowest BCUT2D eigenvalue weighted by atomic mass is 9.98. The summed E-state index contributed by atoms with van der Waals surface area (Å²) in [6, 6.07) is 6.10. The van der Waals surface area contributed by atoms with Crippen LogP contribution in [0.5, 0.6) is 11.5 Å². The van der Waals surface area contributed by atoms with Crippen LogP contribution < -0.4 is 9.47 Å². The van der Waals surface area contributed by atoms with Gasteiger partial charge >= 0.3 is 0 Å². The molecule has 1 aromatic carbocycles. The van der Waals surface area contributed by atoms with Crippen LogP contribution >= 0.6 is 0 Å². The summed E-state index contributed by atoms with van der Waals surface area (Å²) in [7, 11) is 3.32. The molecular weight excluding hydrogens is 254 g/mol. The van der Waals surface area contributed by atoms with Gasteiger partial charge in [-0.05, 0) is 49.4 Å². The van der Waals surface area contributed by atoms with Crippen LogP contribution in [0, 0.1) is 5.92 Å². The van der Waals surface area contributed by atoms with Crippen molar-refractivity contribution in [2.75, 3.05) is 40.5 Å². The molecule has 0 aliphatic carbocycles. The van der Waals surface area contributed by atoms with E-state index in [2.05, 4.69) is 11.0 Å². The highest BCUT2D eigenvalue weighted by atomic mass is 16.5. The predicted octanol–water partition coefficient (Wildman–Crippen LogP) is 1.95. The van der Waals surface area contributed by atoms with E-state index < -0.39 is 0 Å². The fourth-order valence-corrected chi connectivity index (χ4v) is 2.83. The first-order chi connectivity index (χ1) is 9.76. The van der Waals surface area contributed by atoms with E-state index in [1.165, 1.54) is 12.0 Å². The van der Waals surface area contributed by atoms with E-state index in [9.17, 15) is 5.11 Å². The minimum Gasteiger partial charge on any atom is -0.493 e. The van der Waals surface area contributed by atoms with Crippen LogP contribution in [0.15, 0.2) is 18.2 Å². The molecule has 0 spiro atoms. The summed E-state index contributed by atoms with van der Waals surface area (Å²) in [6.45, 7) is 3.51. The molecule has 4 nitrogen and oxygen atoms in total. The first-order valence-corrected chi connectivity index (χ1v) is 7.31. The van der Waals surface area contributed by atoms with Crippen molar-refractivity contribution >= 4 is 0 Å². The summed E-state index contributed by atoms with van der Waals surface area (Å²) in [6.07, 6.45) is 3.35.